The molecule has 5 aromatic carbocycles. The summed E-state index contributed by atoms with van der Waals surface area (Å²) in [6.45, 7) is 6.54. The molecule has 3 aromatic heterocycles. The fourth-order valence-electron chi connectivity index (χ4n) is 7.90. The fourth-order valence-corrected chi connectivity index (χ4v) is 10.7. The van der Waals surface area contributed by atoms with Crippen molar-refractivity contribution in [3.05, 3.63) is 174 Å². The molecule has 0 bridgehead atoms. The van der Waals surface area contributed by atoms with Gasteiger partial charge in [0.2, 0.25) is 0 Å². The first-order valence-electron chi connectivity index (χ1n) is 22.5. The maximum absolute atomic E-state index is 9.85. The van der Waals surface area contributed by atoms with Gasteiger partial charge in [0.1, 0.15) is 0 Å². The van der Waals surface area contributed by atoms with Crippen LogP contribution in [0.1, 0.15) is 85.5 Å². The van der Waals surface area contributed by atoms with Crippen molar-refractivity contribution in [2.24, 2.45) is 0 Å². The molecule has 0 N–H and O–H groups in total. The average molecular weight is 985 g/mol. The van der Waals surface area contributed by atoms with Crippen molar-refractivity contribution in [1.29, 1.82) is 5.26 Å². The van der Waals surface area contributed by atoms with Gasteiger partial charge in [0, 0.05) is 56.0 Å². The van der Waals surface area contributed by atoms with E-state index in [4.69, 9.17) is 5.48 Å². The largest absolute Gasteiger partial charge is 0.305 e. The molecule has 59 heavy (non-hydrogen) atoms. The van der Waals surface area contributed by atoms with Crippen LogP contribution in [0.15, 0.2) is 134 Å². The molecule has 1 aliphatic rings. The molecular formula is C53H49IrN3SSi-2. The van der Waals surface area contributed by atoms with E-state index in [-0.39, 0.29) is 25.7 Å². The molecule has 3 nitrogen and oxygen atoms in total. The van der Waals surface area contributed by atoms with Crippen molar-refractivity contribution >= 4 is 44.8 Å². The Hall–Kier alpha value is -5.02. The van der Waals surface area contributed by atoms with Gasteiger partial charge in [-0.3, -0.25) is 0 Å². The summed E-state index contributed by atoms with van der Waals surface area (Å²) in [5.41, 5.74) is 9.33. The maximum atomic E-state index is 9.85. The summed E-state index contributed by atoms with van der Waals surface area (Å²) in [7, 11) is -1.75. The van der Waals surface area contributed by atoms with Crippen LogP contribution >= 0.6 is 11.3 Å². The van der Waals surface area contributed by atoms with Crippen LogP contribution in [0.4, 0.5) is 0 Å². The van der Waals surface area contributed by atoms with Gasteiger partial charge in [0.25, 0.3) is 0 Å². The summed E-state index contributed by atoms with van der Waals surface area (Å²) in [4.78, 5) is 9.34. The Kier molecular flexibility index (Phi) is 11.2. The van der Waals surface area contributed by atoms with E-state index >= 15 is 0 Å². The molecule has 0 amide bonds. The van der Waals surface area contributed by atoms with Crippen molar-refractivity contribution in [3.63, 3.8) is 0 Å². The Labute approximate surface area is 375 Å². The van der Waals surface area contributed by atoms with E-state index in [0.29, 0.717) is 11.3 Å². The average Bonchev–Trinajstić information content (AvgIpc) is 3.68. The topological polar surface area (TPSA) is 49.6 Å². The van der Waals surface area contributed by atoms with Crippen LogP contribution in [0.25, 0.3) is 53.8 Å². The van der Waals surface area contributed by atoms with Crippen molar-refractivity contribution in [2.45, 2.75) is 77.3 Å². The Balaban J connectivity index is 0.000000191. The van der Waals surface area contributed by atoms with Crippen molar-refractivity contribution in [3.8, 4) is 39.7 Å². The summed E-state index contributed by atoms with van der Waals surface area (Å²) in [6, 6.07) is 48.2. The van der Waals surface area contributed by atoms with Gasteiger partial charge in [0.15, 0.2) is 0 Å². The van der Waals surface area contributed by atoms with Crippen molar-refractivity contribution in [2.75, 3.05) is 0 Å². The number of hydrogen-bond acceptors (Lipinski definition) is 4. The summed E-state index contributed by atoms with van der Waals surface area (Å²) in [6.07, 6.45) is 8.95. The summed E-state index contributed by atoms with van der Waals surface area (Å²) < 4.78 is 43.1. The molecule has 1 fully saturated rings. The van der Waals surface area contributed by atoms with E-state index < -0.39 is 26.7 Å². The molecule has 6 heteroatoms. The second-order valence-electron chi connectivity index (χ2n) is 16.0. The van der Waals surface area contributed by atoms with E-state index in [0.717, 1.165) is 90.1 Å². The van der Waals surface area contributed by atoms with Crippen molar-refractivity contribution < 1.29 is 27.0 Å². The predicted molar refractivity (Wildman–Crippen MR) is 248 cm³/mol. The quantitative estimate of drug-likeness (QED) is 0.118. The van der Waals surface area contributed by atoms with Gasteiger partial charge < -0.3 is 9.97 Å². The van der Waals surface area contributed by atoms with Crippen LogP contribution in [0.2, 0.25) is 19.6 Å². The third-order valence-corrected chi connectivity index (χ3v) is 14.3. The van der Waals surface area contributed by atoms with E-state index in [2.05, 4.69) is 96.3 Å². The molecule has 297 valence electrons. The monoisotopic (exact) mass is 985 g/mol. The Morgan fingerprint density at radius 2 is 1.61 bits per heavy atom. The third-order valence-electron chi connectivity index (χ3n) is 11.1. The summed E-state index contributed by atoms with van der Waals surface area (Å²) in [5, 5.41) is 13.1. The van der Waals surface area contributed by atoms with Crippen LogP contribution in [0.5, 0.6) is 0 Å². The number of pyridine rings is 2. The number of nitriles is 1. The molecule has 3 heterocycles. The van der Waals surface area contributed by atoms with Gasteiger partial charge in [-0.05, 0) is 85.3 Å². The normalized spacial score (nSPS) is 16.1. The van der Waals surface area contributed by atoms with Gasteiger partial charge in [-0.25, -0.2) is 5.26 Å². The van der Waals surface area contributed by atoms with Gasteiger partial charge in [-0.1, -0.05) is 149 Å². The summed E-state index contributed by atoms with van der Waals surface area (Å²) >= 11 is 1.69. The number of fused-ring (bicyclic) bond motifs is 3. The number of nitrogens with zero attached hydrogens (tertiary/aromatic N) is 3. The molecule has 1 aliphatic carbocycles. The molecule has 1 unspecified atom stereocenters. The number of rotatable bonds is 7. The minimum absolute atomic E-state index is 0. The van der Waals surface area contributed by atoms with E-state index in [1.807, 2.05) is 67.8 Å². The number of benzene rings is 5. The van der Waals surface area contributed by atoms with Gasteiger partial charge in [-0.15, -0.1) is 53.1 Å². The zero-order valence-corrected chi connectivity index (χ0v) is 38.0. The zero-order valence-electron chi connectivity index (χ0n) is 38.8. The Bertz CT molecular complexity index is 2950. The minimum Gasteiger partial charge on any atom is -0.305 e. The third kappa shape index (κ3) is 9.25. The minimum atomic E-state index is -2.15. The molecule has 8 aromatic rings. The number of aromatic nitrogens is 2. The van der Waals surface area contributed by atoms with Gasteiger partial charge >= 0.3 is 0 Å². The predicted octanol–water partition coefficient (Wildman–Crippen LogP) is 14.1. The number of aryl methyl sites for hydroxylation is 1. The molecule has 0 saturated heterocycles. The first kappa shape index (κ1) is 35.9. The van der Waals surface area contributed by atoms with Crippen LogP contribution in [0, 0.1) is 30.3 Å². The molecule has 1 saturated carbocycles. The second kappa shape index (κ2) is 18.5. The fraction of sp³-hybridized carbons (Fsp3) is 0.226. The molecule has 9 rings (SSSR count). The Morgan fingerprint density at radius 1 is 0.847 bits per heavy atom. The number of thiophene rings is 1. The van der Waals surface area contributed by atoms with Crippen LogP contribution < -0.4 is 5.19 Å². The molecule has 0 aliphatic heterocycles. The van der Waals surface area contributed by atoms with Crippen LogP contribution in [-0.2, 0) is 20.1 Å². The molecule has 1 atom stereocenters. The first-order valence-corrected chi connectivity index (χ1v) is 24.3. The van der Waals surface area contributed by atoms with E-state index in [1.165, 1.54) is 18.1 Å². The number of hydrogen-bond donors (Lipinski definition) is 0. The van der Waals surface area contributed by atoms with Crippen molar-refractivity contribution in [1.82, 2.24) is 9.97 Å². The Morgan fingerprint density at radius 3 is 2.31 bits per heavy atom. The van der Waals surface area contributed by atoms with Crippen LogP contribution in [0.3, 0.4) is 0 Å². The molecular weight excluding hydrogens is 931 g/mol. The SMILES string of the molecule is [2H]C([2H])([2H])c1c[c-]c(-c2cc(C([2H])(C)c3ccccc3)c([Si](C)(C)C)cn2)cc1.[2H]C1(c2ccnc(-c3[c-]cc(C#N)c4c3sc3cc(-c5ccccc5)ccc34)c2)CCCCC1.[Ir]. The first-order chi connectivity index (χ1) is 30.1. The zero-order chi connectivity index (χ0) is 44.6. The van der Waals surface area contributed by atoms with E-state index in [9.17, 15) is 6.63 Å². The van der Waals surface area contributed by atoms with Crippen LogP contribution in [-0.4, -0.2) is 18.0 Å². The van der Waals surface area contributed by atoms with Gasteiger partial charge in [-0.2, -0.15) is 11.3 Å². The molecule has 1 radical (unpaired) electrons. The second-order valence-corrected chi connectivity index (χ2v) is 22.1. The summed E-state index contributed by atoms with van der Waals surface area (Å²) in [5.74, 6) is -1.46. The standard InChI is InChI=1S/C30H23N2S.C23H26NSi.Ir/c31-19-24-12-13-25(27-17-23(15-16-32-27)21-9-5-2-6-10-21)30-29(24)26-14-11-22(18-28(26)33-30)20-7-3-1-4-8-20;1-17-11-13-20(14-12-17)22-15-21(23(16-24-22)25(3,4)5)18(2)19-9-7-6-8-10-19;/h1,3-4,7-8,11-12,14-18,21H,2,5-6,9-10H2;6-13,15-16,18H,1-5H3;/q2*-1;/i21D;1D3,18D;. The molecule has 0 spiro atoms. The smallest absolute Gasteiger partial charge is 0.0799 e. The maximum Gasteiger partial charge on any atom is 0.0799 e. The van der Waals surface area contributed by atoms with E-state index in [1.54, 1.807) is 29.5 Å². The van der Waals surface area contributed by atoms with Gasteiger partial charge in [0.05, 0.1) is 8.07 Å².